The number of carbonyl (C=O) groups excluding carboxylic acids is 1. The van der Waals surface area contributed by atoms with Gasteiger partial charge < -0.3 is 10.1 Å². The fraction of sp³-hybridized carbons (Fsp3) is 0.150. The van der Waals surface area contributed by atoms with Crippen molar-refractivity contribution in [3.05, 3.63) is 70.4 Å². The van der Waals surface area contributed by atoms with Crippen molar-refractivity contribution in [2.24, 2.45) is 0 Å². The standard InChI is InChI=1S/C20H19NO2S/c1-14(19-4-3-11-24-19)21-20(22)10-6-15-5-7-17-13-18(23-2)9-8-16(17)12-15/h3-14H,1-2H3,(H,21,22)/b10-6-/t14-/m0/s1. The summed E-state index contributed by atoms with van der Waals surface area (Å²) in [7, 11) is 1.66. The highest BCUT2D eigenvalue weighted by Crippen LogP contribution is 2.22. The van der Waals surface area contributed by atoms with Gasteiger partial charge in [0.1, 0.15) is 5.75 Å². The van der Waals surface area contributed by atoms with Crippen molar-refractivity contribution in [3.63, 3.8) is 0 Å². The number of carbonyl (C=O) groups is 1. The number of amides is 1. The van der Waals surface area contributed by atoms with E-state index in [1.165, 1.54) is 0 Å². The second-order valence-electron chi connectivity index (χ2n) is 5.55. The first-order valence-corrected chi connectivity index (χ1v) is 8.63. The molecule has 0 fully saturated rings. The quantitative estimate of drug-likeness (QED) is 0.679. The van der Waals surface area contributed by atoms with Crippen molar-refractivity contribution < 1.29 is 9.53 Å². The highest BCUT2D eigenvalue weighted by Gasteiger charge is 2.07. The lowest BCUT2D eigenvalue weighted by atomic mass is 10.1. The third-order valence-corrected chi connectivity index (χ3v) is 4.88. The monoisotopic (exact) mass is 337 g/mol. The lowest BCUT2D eigenvalue weighted by molar-refractivity contribution is -0.117. The van der Waals surface area contributed by atoms with Crippen LogP contribution in [0.5, 0.6) is 5.75 Å². The molecule has 0 aliphatic heterocycles. The molecule has 3 nitrogen and oxygen atoms in total. The molecule has 0 aliphatic carbocycles. The molecule has 1 amide bonds. The smallest absolute Gasteiger partial charge is 0.244 e. The molecule has 3 rings (SSSR count). The van der Waals surface area contributed by atoms with Crippen molar-refractivity contribution >= 4 is 34.1 Å². The molecule has 0 aliphatic rings. The van der Waals surface area contributed by atoms with E-state index in [9.17, 15) is 4.79 Å². The summed E-state index contributed by atoms with van der Waals surface area (Å²) in [6.07, 6.45) is 3.41. The molecular weight excluding hydrogens is 318 g/mol. The number of methoxy groups -OCH3 is 1. The van der Waals surface area contributed by atoms with Crippen LogP contribution in [-0.4, -0.2) is 13.0 Å². The first kappa shape index (κ1) is 16.3. The van der Waals surface area contributed by atoms with Gasteiger partial charge in [-0.3, -0.25) is 4.79 Å². The number of nitrogens with one attached hydrogen (secondary N) is 1. The van der Waals surface area contributed by atoms with E-state index in [1.807, 2.05) is 60.8 Å². The molecule has 0 radical (unpaired) electrons. The number of thiophene rings is 1. The summed E-state index contributed by atoms with van der Waals surface area (Å²) in [5.74, 6) is 0.749. The van der Waals surface area contributed by atoms with Crippen LogP contribution in [0, 0.1) is 0 Å². The van der Waals surface area contributed by atoms with Crippen LogP contribution >= 0.6 is 11.3 Å². The van der Waals surface area contributed by atoms with Gasteiger partial charge in [-0.05, 0) is 59.0 Å². The van der Waals surface area contributed by atoms with E-state index in [1.54, 1.807) is 24.5 Å². The zero-order valence-corrected chi connectivity index (χ0v) is 14.5. The van der Waals surface area contributed by atoms with E-state index >= 15 is 0 Å². The molecular formula is C20H19NO2S. The fourth-order valence-corrected chi connectivity index (χ4v) is 3.25. The molecule has 3 aromatic rings. The summed E-state index contributed by atoms with van der Waals surface area (Å²) in [6.45, 7) is 1.99. The third-order valence-electron chi connectivity index (χ3n) is 3.83. The number of benzene rings is 2. The van der Waals surface area contributed by atoms with Crippen molar-refractivity contribution in [3.8, 4) is 5.75 Å². The van der Waals surface area contributed by atoms with E-state index in [0.29, 0.717) is 0 Å². The zero-order chi connectivity index (χ0) is 16.9. The van der Waals surface area contributed by atoms with Gasteiger partial charge in [-0.2, -0.15) is 0 Å². The average Bonchev–Trinajstić information content (AvgIpc) is 3.14. The average molecular weight is 337 g/mol. The summed E-state index contributed by atoms with van der Waals surface area (Å²) < 4.78 is 5.23. The molecule has 2 aromatic carbocycles. The van der Waals surface area contributed by atoms with Crippen LogP contribution < -0.4 is 10.1 Å². The Morgan fingerprint density at radius 3 is 2.71 bits per heavy atom. The molecule has 0 saturated carbocycles. The first-order chi connectivity index (χ1) is 11.7. The van der Waals surface area contributed by atoms with Gasteiger partial charge in [-0.1, -0.05) is 24.3 Å². The van der Waals surface area contributed by atoms with Crippen molar-refractivity contribution in [2.45, 2.75) is 13.0 Å². The minimum atomic E-state index is -0.0919. The van der Waals surface area contributed by atoms with Crippen LogP contribution in [0.1, 0.15) is 23.4 Å². The second kappa shape index (κ2) is 7.32. The van der Waals surface area contributed by atoms with E-state index in [-0.39, 0.29) is 11.9 Å². The zero-order valence-electron chi connectivity index (χ0n) is 13.7. The maximum atomic E-state index is 12.1. The molecule has 1 aromatic heterocycles. The van der Waals surface area contributed by atoms with Crippen LogP contribution in [0.25, 0.3) is 16.8 Å². The molecule has 0 unspecified atom stereocenters. The molecule has 1 heterocycles. The maximum Gasteiger partial charge on any atom is 0.244 e. The van der Waals surface area contributed by atoms with Gasteiger partial charge in [-0.25, -0.2) is 0 Å². The normalized spacial score (nSPS) is 12.4. The summed E-state index contributed by atoms with van der Waals surface area (Å²) in [4.78, 5) is 13.2. The number of hydrogen-bond donors (Lipinski definition) is 1. The summed E-state index contributed by atoms with van der Waals surface area (Å²) >= 11 is 1.64. The fourth-order valence-electron chi connectivity index (χ4n) is 2.52. The highest BCUT2D eigenvalue weighted by atomic mass is 32.1. The SMILES string of the molecule is COc1ccc2cc(/C=C\C(=O)N[C@@H](C)c3cccs3)ccc2c1. The number of rotatable bonds is 5. The first-order valence-electron chi connectivity index (χ1n) is 7.75. The predicted octanol–water partition coefficient (Wildman–Crippen LogP) is 4.80. The molecule has 24 heavy (non-hydrogen) atoms. The molecule has 1 atom stereocenters. The number of fused-ring (bicyclic) bond motifs is 1. The minimum absolute atomic E-state index is 0.0196. The van der Waals surface area contributed by atoms with E-state index < -0.39 is 0 Å². The largest absolute Gasteiger partial charge is 0.497 e. The molecule has 0 spiro atoms. The van der Waals surface area contributed by atoms with Gasteiger partial charge in [0.25, 0.3) is 0 Å². The Labute approximate surface area is 145 Å². The van der Waals surface area contributed by atoms with Crippen LogP contribution in [0.4, 0.5) is 0 Å². The molecule has 4 heteroatoms. The summed E-state index contributed by atoms with van der Waals surface area (Å²) in [5, 5.41) is 7.21. The summed E-state index contributed by atoms with van der Waals surface area (Å²) in [5.41, 5.74) is 0.992. The van der Waals surface area contributed by atoms with Gasteiger partial charge in [-0.15, -0.1) is 11.3 Å². The Morgan fingerprint density at radius 2 is 1.96 bits per heavy atom. The Bertz CT molecular complexity index is 868. The molecule has 1 N–H and O–H groups in total. The van der Waals surface area contributed by atoms with Crippen LogP contribution in [0.15, 0.2) is 60.0 Å². The minimum Gasteiger partial charge on any atom is -0.497 e. The third kappa shape index (κ3) is 3.84. The van der Waals surface area contributed by atoms with Gasteiger partial charge in [0, 0.05) is 11.0 Å². The van der Waals surface area contributed by atoms with Gasteiger partial charge in [0.2, 0.25) is 5.91 Å². The molecule has 0 bridgehead atoms. The predicted molar refractivity (Wildman–Crippen MR) is 100 cm³/mol. The van der Waals surface area contributed by atoms with E-state index in [2.05, 4.69) is 11.4 Å². The van der Waals surface area contributed by atoms with Gasteiger partial charge >= 0.3 is 0 Å². The van der Waals surface area contributed by atoms with Gasteiger partial charge in [0.05, 0.1) is 13.2 Å². The van der Waals surface area contributed by atoms with Crippen molar-refractivity contribution in [1.29, 1.82) is 0 Å². The Balaban J connectivity index is 1.69. The van der Waals surface area contributed by atoms with Gasteiger partial charge in [0.15, 0.2) is 0 Å². The van der Waals surface area contributed by atoms with E-state index in [4.69, 9.17) is 4.74 Å². The van der Waals surface area contributed by atoms with Crippen LogP contribution in [-0.2, 0) is 4.79 Å². The van der Waals surface area contributed by atoms with E-state index in [0.717, 1.165) is 27.0 Å². The maximum absolute atomic E-state index is 12.1. The topological polar surface area (TPSA) is 38.3 Å². The molecule has 0 saturated heterocycles. The summed E-state index contributed by atoms with van der Waals surface area (Å²) in [6, 6.07) is 16.1. The van der Waals surface area contributed by atoms with Crippen LogP contribution in [0.2, 0.25) is 0 Å². The lowest BCUT2D eigenvalue weighted by Crippen LogP contribution is -2.23. The Hall–Kier alpha value is -2.59. The second-order valence-corrected chi connectivity index (χ2v) is 6.53. The van der Waals surface area contributed by atoms with Crippen molar-refractivity contribution in [2.75, 3.05) is 7.11 Å². The molecule has 122 valence electrons. The van der Waals surface area contributed by atoms with Crippen molar-refractivity contribution in [1.82, 2.24) is 5.32 Å². The number of ether oxygens (including phenoxy) is 1. The highest BCUT2D eigenvalue weighted by molar-refractivity contribution is 7.10. The Kier molecular flexibility index (Phi) is 4.96. The number of hydrogen-bond acceptors (Lipinski definition) is 3. The lowest BCUT2D eigenvalue weighted by Gasteiger charge is -2.09. The van der Waals surface area contributed by atoms with Crippen LogP contribution in [0.3, 0.4) is 0 Å². The Morgan fingerprint density at radius 1 is 1.17 bits per heavy atom.